The van der Waals surface area contributed by atoms with Crippen molar-refractivity contribution in [2.75, 3.05) is 6.61 Å². The second-order valence-corrected chi connectivity index (χ2v) is 7.80. The van der Waals surface area contributed by atoms with Crippen LogP contribution in [0.15, 0.2) is 47.1 Å². The van der Waals surface area contributed by atoms with Crippen molar-refractivity contribution in [1.29, 1.82) is 0 Å². The van der Waals surface area contributed by atoms with Crippen molar-refractivity contribution in [3.05, 3.63) is 57.6 Å². The number of halogens is 1. The molecule has 138 valence electrons. The summed E-state index contributed by atoms with van der Waals surface area (Å²) in [4.78, 5) is 25.5. The Kier molecular flexibility index (Phi) is 4.84. The van der Waals surface area contributed by atoms with E-state index in [9.17, 15) is 9.59 Å². The number of rotatable bonds is 3. The third-order valence-corrected chi connectivity index (χ3v) is 4.91. The second kappa shape index (κ2) is 6.80. The first kappa shape index (κ1) is 18.5. The predicted molar refractivity (Wildman–Crippen MR) is 98.2 cm³/mol. The van der Waals surface area contributed by atoms with Crippen molar-refractivity contribution < 1.29 is 19.1 Å². The number of esters is 1. The highest BCUT2D eigenvalue weighted by atomic mass is 35.5. The zero-order chi connectivity index (χ0) is 19.1. The summed E-state index contributed by atoms with van der Waals surface area (Å²) >= 11 is 6.00. The van der Waals surface area contributed by atoms with Gasteiger partial charge in [-0.25, -0.2) is 4.79 Å². The van der Waals surface area contributed by atoms with Crippen molar-refractivity contribution in [3.63, 3.8) is 0 Å². The molecule has 2 aliphatic rings. The molecule has 0 aromatic heterocycles. The van der Waals surface area contributed by atoms with Gasteiger partial charge < -0.3 is 15.2 Å². The molecule has 0 unspecified atom stereocenters. The van der Waals surface area contributed by atoms with E-state index in [0.717, 1.165) is 5.56 Å². The third kappa shape index (κ3) is 3.36. The molecule has 1 aromatic carbocycles. The summed E-state index contributed by atoms with van der Waals surface area (Å²) in [6.07, 6.45) is 0.963. The van der Waals surface area contributed by atoms with Crippen molar-refractivity contribution in [1.82, 2.24) is 0 Å². The first-order chi connectivity index (χ1) is 12.2. The van der Waals surface area contributed by atoms with E-state index in [2.05, 4.69) is 0 Å². The van der Waals surface area contributed by atoms with Crippen LogP contribution in [0, 0.1) is 5.41 Å². The van der Waals surface area contributed by atoms with Crippen LogP contribution < -0.4 is 5.73 Å². The molecule has 3 rings (SSSR count). The summed E-state index contributed by atoms with van der Waals surface area (Å²) in [6, 6.07) is 7.04. The Morgan fingerprint density at radius 3 is 2.58 bits per heavy atom. The lowest BCUT2D eigenvalue weighted by atomic mass is 9.70. The third-order valence-electron chi connectivity index (χ3n) is 4.65. The Morgan fingerprint density at radius 1 is 1.31 bits per heavy atom. The van der Waals surface area contributed by atoms with Gasteiger partial charge in [0.15, 0.2) is 5.78 Å². The van der Waals surface area contributed by atoms with Gasteiger partial charge in [0, 0.05) is 23.4 Å². The van der Waals surface area contributed by atoms with Crippen molar-refractivity contribution >= 4 is 23.4 Å². The lowest BCUT2D eigenvalue weighted by Gasteiger charge is -2.37. The van der Waals surface area contributed by atoms with E-state index in [0.29, 0.717) is 29.2 Å². The molecule has 1 aliphatic carbocycles. The molecule has 0 bridgehead atoms. The first-order valence-electron chi connectivity index (χ1n) is 8.60. The molecule has 0 saturated carbocycles. The number of allylic oxidation sites excluding steroid dienone is 2. The first-order valence-corrected chi connectivity index (χ1v) is 8.97. The summed E-state index contributed by atoms with van der Waals surface area (Å²) in [5, 5.41) is 0.570. The van der Waals surface area contributed by atoms with Crippen LogP contribution in [-0.2, 0) is 19.1 Å². The van der Waals surface area contributed by atoms with Crippen LogP contribution in [0.2, 0.25) is 5.02 Å². The van der Waals surface area contributed by atoms with Crippen LogP contribution in [0.5, 0.6) is 0 Å². The van der Waals surface area contributed by atoms with E-state index < -0.39 is 11.9 Å². The minimum atomic E-state index is -0.612. The Hall–Kier alpha value is -2.27. The van der Waals surface area contributed by atoms with Gasteiger partial charge in [0.05, 0.1) is 12.5 Å². The molecular formula is C20H22ClNO4. The van der Waals surface area contributed by atoms with E-state index >= 15 is 0 Å². The summed E-state index contributed by atoms with van der Waals surface area (Å²) < 4.78 is 10.9. The highest BCUT2D eigenvalue weighted by molar-refractivity contribution is 6.30. The van der Waals surface area contributed by atoms with Gasteiger partial charge in [0.25, 0.3) is 0 Å². The van der Waals surface area contributed by atoms with Crippen LogP contribution in [0.3, 0.4) is 0 Å². The van der Waals surface area contributed by atoms with Gasteiger partial charge in [-0.1, -0.05) is 37.6 Å². The molecule has 0 radical (unpaired) electrons. The van der Waals surface area contributed by atoms with Crippen LogP contribution in [0.25, 0.3) is 0 Å². The minimum Gasteiger partial charge on any atom is -0.462 e. The standard InChI is InChI=1S/C20H22ClNO4/c1-4-25-19(24)17-15(11-5-7-12(21)8-6-11)16-13(23)9-20(2,3)10-14(16)26-18(17)22/h5-8,15H,4,9-10,22H2,1-3H3/t15-/m0/s1. The molecule has 26 heavy (non-hydrogen) atoms. The lowest BCUT2D eigenvalue weighted by Crippen LogP contribution is -2.35. The second-order valence-electron chi connectivity index (χ2n) is 7.36. The Balaban J connectivity index is 2.17. The lowest BCUT2D eigenvalue weighted by molar-refractivity contribution is -0.139. The van der Waals surface area contributed by atoms with E-state index in [-0.39, 0.29) is 29.3 Å². The SMILES string of the molecule is CCOC(=O)C1=C(N)OC2=C(C(=O)CC(C)(C)C2)[C@@H]1c1ccc(Cl)cc1. The maximum absolute atomic E-state index is 12.9. The van der Waals surface area contributed by atoms with Crippen molar-refractivity contribution in [2.24, 2.45) is 11.1 Å². The molecule has 5 nitrogen and oxygen atoms in total. The summed E-state index contributed by atoms with van der Waals surface area (Å²) in [7, 11) is 0. The average molecular weight is 376 g/mol. The number of carbonyl (C=O) groups is 2. The van der Waals surface area contributed by atoms with Gasteiger partial charge in [-0.15, -0.1) is 0 Å². The highest BCUT2D eigenvalue weighted by Crippen LogP contribution is 2.48. The van der Waals surface area contributed by atoms with Gasteiger partial charge in [-0.3, -0.25) is 4.79 Å². The number of hydrogen-bond acceptors (Lipinski definition) is 5. The Labute approximate surface area is 157 Å². The zero-order valence-electron chi connectivity index (χ0n) is 15.1. The van der Waals surface area contributed by atoms with Crippen LogP contribution in [0.1, 0.15) is 45.1 Å². The molecule has 1 heterocycles. The maximum atomic E-state index is 12.9. The van der Waals surface area contributed by atoms with Crippen molar-refractivity contribution in [3.8, 4) is 0 Å². The fourth-order valence-corrected chi connectivity index (χ4v) is 3.71. The van der Waals surface area contributed by atoms with Crippen LogP contribution in [-0.4, -0.2) is 18.4 Å². The smallest absolute Gasteiger partial charge is 0.340 e. The summed E-state index contributed by atoms with van der Waals surface area (Å²) in [5.41, 5.74) is 7.29. The highest BCUT2D eigenvalue weighted by Gasteiger charge is 2.44. The number of Topliss-reactive ketones (excluding diaryl/α,β-unsaturated/α-hetero) is 1. The number of ether oxygens (including phenoxy) is 2. The van der Waals surface area contributed by atoms with Crippen molar-refractivity contribution in [2.45, 2.75) is 39.5 Å². The molecule has 1 atom stereocenters. The van der Waals surface area contributed by atoms with Crippen LogP contribution in [0.4, 0.5) is 0 Å². The molecule has 2 N–H and O–H groups in total. The molecular weight excluding hydrogens is 354 g/mol. The van der Waals surface area contributed by atoms with E-state index in [1.165, 1.54) is 0 Å². The maximum Gasteiger partial charge on any atom is 0.340 e. The van der Waals surface area contributed by atoms with Gasteiger partial charge in [-0.05, 0) is 30.0 Å². The fourth-order valence-electron chi connectivity index (χ4n) is 3.58. The van der Waals surface area contributed by atoms with Gasteiger partial charge in [0.2, 0.25) is 5.88 Å². The fraction of sp³-hybridized carbons (Fsp3) is 0.400. The molecule has 0 saturated heterocycles. The number of nitrogens with two attached hydrogens (primary N) is 1. The zero-order valence-corrected chi connectivity index (χ0v) is 15.9. The minimum absolute atomic E-state index is 0.00681. The normalized spacial score (nSPS) is 22.0. The number of hydrogen-bond donors (Lipinski definition) is 1. The van der Waals surface area contributed by atoms with Crippen LogP contribution >= 0.6 is 11.6 Å². The van der Waals surface area contributed by atoms with Gasteiger partial charge in [-0.2, -0.15) is 0 Å². The largest absolute Gasteiger partial charge is 0.462 e. The molecule has 0 spiro atoms. The Morgan fingerprint density at radius 2 is 1.96 bits per heavy atom. The molecule has 1 aromatic rings. The molecule has 0 fully saturated rings. The number of ketones is 1. The topological polar surface area (TPSA) is 78.6 Å². The van der Waals surface area contributed by atoms with Gasteiger partial charge in [0.1, 0.15) is 11.3 Å². The van der Waals surface area contributed by atoms with E-state index in [1.807, 2.05) is 13.8 Å². The number of carbonyl (C=O) groups excluding carboxylic acids is 2. The van der Waals surface area contributed by atoms with E-state index in [4.69, 9.17) is 26.8 Å². The summed E-state index contributed by atoms with van der Waals surface area (Å²) in [5.74, 6) is -0.692. The van der Waals surface area contributed by atoms with Gasteiger partial charge >= 0.3 is 5.97 Å². The molecule has 0 amide bonds. The van der Waals surface area contributed by atoms with E-state index in [1.54, 1.807) is 31.2 Å². The molecule has 1 aliphatic heterocycles. The summed E-state index contributed by atoms with van der Waals surface area (Å²) in [6.45, 7) is 5.94. The number of benzene rings is 1. The average Bonchev–Trinajstić information content (AvgIpc) is 2.53. The molecule has 6 heteroatoms. The monoisotopic (exact) mass is 375 g/mol. The Bertz CT molecular complexity index is 821. The predicted octanol–water partition coefficient (Wildman–Crippen LogP) is 3.83. The quantitative estimate of drug-likeness (QED) is 0.812.